The molecule has 0 bridgehead atoms. The van der Waals surface area contributed by atoms with E-state index in [9.17, 15) is 22.8 Å². The number of nitrogens with zero attached hydrogens (tertiary/aromatic N) is 1. The van der Waals surface area contributed by atoms with Crippen LogP contribution in [0.2, 0.25) is 0 Å². The average Bonchev–Trinajstić information content (AvgIpc) is 2.89. The van der Waals surface area contributed by atoms with E-state index in [4.69, 9.17) is 0 Å². The number of benzene rings is 3. The third-order valence-corrected chi connectivity index (χ3v) is 5.74. The molecule has 4 aromatic rings. The summed E-state index contributed by atoms with van der Waals surface area (Å²) >= 11 is 0. The lowest BCUT2D eigenvalue weighted by molar-refractivity contribution is -0.137. The van der Waals surface area contributed by atoms with Crippen molar-refractivity contribution < 1.29 is 22.8 Å². The molecule has 0 saturated heterocycles. The standard InChI is InChI=1S/C29H24F3N3O2/c1-19-5-14-25(26(18-19)20-6-10-22(11-7-20)29(30,31)32)28(37)35-24-12-8-21(9-13-24)27(36)34-17-15-23-4-2-3-16-33-23/h2-14,16,18H,15,17H2,1H3,(H,34,36)(H,35,37). The molecule has 0 atom stereocenters. The van der Waals surface area contributed by atoms with Gasteiger partial charge in [-0.3, -0.25) is 14.6 Å². The van der Waals surface area contributed by atoms with E-state index in [0.29, 0.717) is 40.9 Å². The number of hydrogen-bond acceptors (Lipinski definition) is 3. The van der Waals surface area contributed by atoms with E-state index in [1.54, 1.807) is 48.7 Å². The van der Waals surface area contributed by atoms with Crippen LogP contribution in [0.25, 0.3) is 11.1 Å². The molecule has 0 fully saturated rings. The van der Waals surface area contributed by atoms with Crippen molar-refractivity contribution in [1.29, 1.82) is 0 Å². The van der Waals surface area contributed by atoms with E-state index >= 15 is 0 Å². The van der Waals surface area contributed by atoms with Crippen molar-refractivity contribution >= 4 is 17.5 Å². The maximum atomic E-state index is 13.1. The van der Waals surface area contributed by atoms with E-state index in [-0.39, 0.29) is 5.91 Å². The van der Waals surface area contributed by atoms with Gasteiger partial charge in [-0.2, -0.15) is 13.2 Å². The molecule has 188 valence electrons. The Bertz CT molecular complexity index is 1390. The number of rotatable bonds is 7. The lowest BCUT2D eigenvalue weighted by Gasteiger charge is -2.13. The first-order chi connectivity index (χ1) is 17.7. The number of anilines is 1. The largest absolute Gasteiger partial charge is 0.416 e. The van der Waals surface area contributed by atoms with Crippen LogP contribution in [0, 0.1) is 6.92 Å². The summed E-state index contributed by atoms with van der Waals surface area (Å²) in [6.07, 6.45) is -2.13. The van der Waals surface area contributed by atoms with Crippen LogP contribution in [0.5, 0.6) is 0 Å². The summed E-state index contributed by atoms with van der Waals surface area (Å²) in [5, 5.41) is 5.64. The van der Waals surface area contributed by atoms with Gasteiger partial charge in [0.2, 0.25) is 0 Å². The number of carbonyl (C=O) groups excluding carboxylic acids is 2. The molecule has 4 rings (SSSR count). The van der Waals surface area contributed by atoms with E-state index in [2.05, 4.69) is 15.6 Å². The summed E-state index contributed by atoms with van der Waals surface area (Å²) in [7, 11) is 0. The molecule has 5 nitrogen and oxygen atoms in total. The molecule has 2 N–H and O–H groups in total. The van der Waals surface area contributed by atoms with Crippen LogP contribution >= 0.6 is 0 Å². The first-order valence-electron chi connectivity index (χ1n) is 11.6. The highest BCUT2D eigenvalue weighted by molar-refractivity contribution is 6.09. The second kappa shape index (κ2) is 11.1. The van der Waals surface area contributed by atoms with Gasteiger partial charge in [-0.25, -0.2) is 0 Å². The Labute approximate surface area is 212 Å². The van der Waals surface area contributed by atoms with Gasteiger partial charge in [-0.05, 0) is 72.6 Å². The van der Waals surface area contributed by atoms with Gasteiger partial charge in [0.1, 0.15) is 0 Å². The van der Waals surface area contributed by atoms with Crippen LogP contribution in [0.3, 0.4) is 0 Å². The summed E-state index contributed by atoms with van der Waals surface area (Å²) in [6.45, 7) is 2.28. The molecule has 1 heterocycles. The molecule has 0 spiro atoms. The molecule has 0 unspecified atom stereocenters. The first-order valence-corrected chi connectivity index (χ1v) is 11.6. The van der Waals surface area contributed by atoms with Gasteiger partial charge < -0.3 is 10.6 Å². The molecule has 3 aromatic carbocycles. The Kier molecular flexibility index (Phi) is 7.67. The monoisotopic (exact) mass is 503 g/mol. The first kappa shape index (κ1) is 25.6. The van der Waals surface area contributed by atoms with Crippen LogP contribution in [0.1, 0.15) is 37.5 Å². The van der Waals surface area contributed by atoms with Crippen molar-refractivity contribution in [3.05, 3.63) is 119 Å². The molecular formula is C29H24F3N3O2. The smallest absolute Gasteiger partial charge is 0.352 e. The molecule has 0 aliphatic heterocycles. The van der Waals surface area contributed by atoms with Crippen LogP contribution in [0.15, 0.2) is 91.1 Å². The van der Waals surface area contributed by atoms with Crippen molar-refractivity contribution in [2.24, 2.45) is 0 Å². The Balaban J connectivity index is 1.43. The number of nitrogens with one attached hydrogen (secondary N) is 2. The molecular weight excluding hydrogens is 479 g/mol. The molecule has 1 aromatic heterocycles. The fourth-order valence-electron chi connectivity index (χ4n) is 3.79. The van der Waals surface area contributed by atoms with Gasteiger partial charge in [0, 0.05) is 41.7 Å². The van der Waals surface area contributed by atoms with Crippen molar-refractivity contribution in [2.45, 2.75) is 19.5 Å². The van der Waals surface area contributed by atoms with Gasteiger partial charge in [-0.1, -0.05) is 35.9 Å². The van der Waals surface area contributed by atoms with E-state index in [1.165, 1.54) is 12.1 Å². The summed E-state index contributed by atoms with van der Waals surface area (Å²) in [6, 6.07) is 21.9. The van der Waals surface area contributed by atoms with E-state index < -0.39 is 17.6 Å². The Hall–Kier alpha value is -4.46. The quantitative estimate of drug-likeness (QED) is 0.311. The highest BCUT2D eigenvalue weighted by Gasteiger charge is 2.30. The lowest BCUT2D eigenvalue weighted by atomic mass is 9.96. The zero-order valence-electron chi connectivity index (χ0n) is 20.0. The number of alkyl halides is 3. The van der Waals surface area contributed by atoms with Crippen LogP contribution in [0.4, 0.5) is 18.9 Å². The van der Waals surface area contributed by atoms with E-state index in [0.717, 1.165) is 23.4 Å². The van der Waals surface area contributed by atoms with Crippen LogP contribution in [-0.4, -0.2) is 23.3 Å². The van der Waals surface area contributed by atoms with Crippen molar-refractivity contribution in [3.8, 4) is 11.1 Å². The fourth-order valence-corrected chi connectivity index (χ4v) is 3.79. The number of carbonyl (C=O) groups is 2. The second-order valence-corrected chi connectivity index (χ2v) is 8.48. The fraction of sp³-hybridized carbons (Fsp3) is 0.138. The third kappa shape index (κ3) is 6.61. The topological polar surface area (TPSA) is 71.1 Å². The summed E-state index contributed by atoms with van der Waals surface area (Å²) in [4.78, 5) is 29.7. The molecule has 37 heavy (non-hydrogen) atoms. The van der Waals surface area contributed by atoms with Gasteiger partial charge in [-0.15, -0.1) is 0 Å². The van der Waals surface area contributed by atoms with Gasteiger partial charge >= 0.3 is 6.18 Å². The second-order valence-electron chi connectivity index (χ2n) is 8.48. The number of aryl methyl sites for hydroxylation is 1. The molecule has 0 aliphatic carbocycles. The number of amides is 2. The number of aromatic nitrogens is 1. The van der Waals surface area contributed by atoms with Crippen molar-refractivity contribution in [3.63, 3.8) is 0 Å². The highest BCUT2D eigenvalue weighted by Crippen LogP contribution is 2.32. The summed E-state index contributed by atoms with van der Waals surface area (Å²) in [5.41, 5.74) is 3.26. The zero-order chi connectivity index (χ0) is 26.4. The number of pyridine rings is 1. The number of halogens is 3. The SMILES string of the molecule is Cc1ccc(C(=O)Nc2ccc(C(=O)NCCc3ccccn3)cc2)c(-c2ccc(C(F)(F)F)cc2)c1. The van der Waals surface area contributed by atoms with Crippen LogP contribution < -0.4 is 10.6 Å². The lowest BCUT2D eigenvalue weighted by Crippen LogP contribution is -2.25. The normalized spacial score (nSPS) is 11.1. The Morgan fingerprint density at radius 3 is 2.24 bits per heavy atom. The molecule has 2 amide bonds. The average molecular weight is 504 g/mol. The molecule has 0 aliphatic rings. The molecule has 0 saturated carbocycles. The minimum atomic E-state index is -4.44. The minimum Gasteiger partial charge on any atom is -0.352 e. The molecule has 0 radical (unpaired) electrons. The van der Waals surface area contributed by atoms with Gasteiger partial charge in [0.05, 0.1) is 5.56 Å². The molecule has 8 heteroatoms. The Morgan fingerprint density at radius 1 is 0.865 bits per heavy atom. The number of hydrogen-bond donors (Lipinski definition) is 2. The van der Waals surface area contributed by atoms with Gasteiger partial charge in [0.15, 0.2) is 0 Å². The zero-order valence-corrected chi connectivity index (χ0v) is 20.0. The predicted molar refractivity (Wildman–Crippen MR) is 136 cm³/mol. The van der Waals surface area contributed by atoms with Crippen molar-refractivity contribution in [2.75, 3.05) is 11.9 Å². The Morgan fingerprint density at radius 2 is 1.59 bits per heavy atom. The highest BCUT2D eigenvalue weighted by atomic mass is 19.4. The van der Waals surface area contributed by atoms with Crippen molar-refractivity contribution in [1.82, 2.24) is 10.3 Å². The van der Waals surface area contributed by atoms with E-state index in [1.807, 2.05) is 25.1 Å². The minimum absolute atomic E-state index is 0.239. The summed E-state index contributed by atoms with van der Waals surface area (Å²) < 4.78 is 38.9. The maximum absolute atomic E-state index is 13.1. The summed E-state index contributed by atoms with van der Waals surface area (Å²) in [5.74, 6) is -0.653. The van der Waals surface area contributed by atoms with Gasteiger partial charge in [0.25, 0.3) is 11.8 Å². The maximum Gasteiger partial charge on any atom is 0.416 e. The van der Waals surface area contributed by atoms with Crippen LogP contribution in [-0.2, 0) is 12.6 Å². The predicted octanol–water partition coefficient (Wildman–Crippen LogP) is 6.30. The third-order valence-electron chi connectivity index (χ3n) is 5.74.